The number of ether oxygens (including phenoxy) is 3. The lowest BCUT2D eigenvalue weighted by molar-refractivity contribution is -0.384. The standard InChI is InChI=1S/C29H23ClIN3O6/c1-38-27-15-20(14-25(31)28(27)40-17-19-10-12-22(13-11-19)34(36)37)16-32-33-29(35)23-7-3-5-9-26(23)39-18-21-6-2-4-8-24(21)30/h2-16H,17-18H2,1H3,(H,33,35)/b32-16+. The van der Waals surface area contributed by atoms with Gasteiger partial charge in [-0.15, -0.1) is 0 Å². The number of nitrogens with one attached hydrogen (secondary N) is 1. The Morgan fingerprint density at radius 1 is 1.00 bits per heavy atom. The molecule has 0 saturated heterocycles. The van der Waals surface area contributed by atoms with Crippen molar-refractivity contribution in [3.8, 4) is 17.2 Å². The van der Waals surface area contributed by atoms with Crippen molar-refractivity contribution in [3.05, 3.63) is 126 Å². The largest absolute Gasteiger partial charge is 0.493 e. The number of halogens is 2. The minimum Gasteiger partial charge on any atom is -0.493 e. The van der Waals surface area contributed by atoms with Crippen LogP contribution in [0.1, 0.15) is 27.0 Å². The number of nitro groups is 1. The first-order valence-corrected chi connectivity index (χ1v) is 13.3. The first-order valence-electron chi connectivity index (χ1n) is 11.9. The number of hydrazone groups is 1. The molecule has 0 radical (unpaired) electrons. The normalized spacial score (nSPS) is 10.8. The highest BCUT2D eigenvalue weighted by Gasteiger charge is 2.14. The number of rotatable bonds is 11. The van der Waals surface area contributed by atoms with E-state index in [2.05, 4.69) is 33.1 Å². The van der Waals surface area contributed by atoms with Gasteiger partial charge in [0.05, 0.1) is 27.4 Å². The summed E-state index contributed by atoms with van der Waals surface area (Å²) in [7, 11) is 1.52. The maximum absolute atomic E-state index is 12.8. The van der Waals surface area contributed by atoms with Crippen molar-refractivity contribution >= 4 is 52.0 Å². The number of hydrogen-bond acceptors (Lipinski definition) is 7. The van der Waals surface area contributed by atoms with Crippen LogP contribution in [0.3, 0.4) is 0 Å². The van der Waals surface area contributed by atoms with Crippen LogP contribution in [-0.2, 0) is 13.2 Å². The van der Waals surface area contributed by atoms with E-state index in [0.29, 0.717) is 33.4 Å². The summed E-state index contributed by atoms with van der Waals surface area (Å²) in [5.41, 5.74) is 5.12. The Balaban J connectivity index is 1.40. The molecule has 204 valence electrons. The van der Waals surface area contributed by atoms with Crippen molar-refractivity contribution < 1.29 is 23.9 Å². The van der Waals surface area contributed by atoms with E-state index in [9.17, 15) is 14.9 Å². The van der Waals surface area contributed by atoms with Crippen molar-refractivity contribution in [2.24, 2.45) is 5.10 Å². The fourth-order valence-corrected chi connectivity index (χ4v) is 4.57. The Labute approximate surface area is 249 Å². The molecule has 9 nitrogen and oxygen atoms in total. The van der Waals surface area contributed by atoms with Gasteiger partial charge in [-0.3, -0.25) is 14.9 Å². The lowest BCUT2D eigenvalue weighted by Gasteiger charge is -2.13. The van der Waals surface area contributed by atoms with Crippen LogP contribution in [0.5, 0.6) is 17.2 Å². The lowest BCUT2D eigenvalue weighted by Crippen LogP contribution is -2.18. The van der Waals surface area contributed by atoms with E-state index in [-0.39, 0.29) is 18.9 Å². The topological polar surface area (TPSA) is 112 Å². The smallest absolute Gasteiger partial charge is 0.275 e. The SMILES string of the molecule is COc1cc(/C=N/NC(=O)c2ccccc2OCc2ccccc2Cl)cc(I)c1OCc1ccc([N+](=O)[O-])cc1. The van der Waals surface area contributed by atoms with Gasteiger partial charge in [-0.2, -0.15) is 5.10 Å². The molecule has 0 heterocycles. The third-order valence-electron chi connectivity index (χ3n) is 5.63. The average molecular weight is 672 g/mol. The predicted molar refractivity (Wildman–Crippen MR) is 160 cm³/mol. The molecule has 1 amide bonds. The molecule has 0 unspecified atom stereocenters. The maximum Gasteiger partial charge on any atom is 0.275 e. The highest BCUT2D eigenvalue weighted by atomic mass is 127. The van der Waals surface area contributed by atoms with Gasteiger partial charge in [-0.25, -0.2) is 5.43 Å². The van der Waals surface area contributed by atoms with Gasteiger partial charge in [0, 0.05) is 22.7 Å². The second-order valence-electron chi connectivity index (χ2n) is 8.32. The van der Waals surface area contributed by atoms with Crippen molar-refractivity contribution in [3.63, 3.8) is 0 Å². The summed E-state index contributed by atoms with van der Waals surface area (Å²) in [5, 5.41) is 15.5. The van der Waals surface area contributed by atoms with E-state index in [4.69, 9.17) is 25.8 Å². The van der Waals surface area contributed by atoms with Crippen molar-refractivity contribution in [1.82, 2.24) is 5.43 Å². The molecule has 0 aliphatic rings. The van der Waals surface area contributed by atoms with Crippen LogP contribution in [0.4, 0.5) is 5.69 Å². The number of nitrogens with zero attached hydrogens (tertiary/aromatic N) is 2. The molecular weight excluding hydrogens is 649 g/mol. The summed E-state index contributed by atoms with van der Waals surface area (Å²) >= 11 is 8.32. The van der Waals surface area contributed by atoms with Gasteiger partial charge in [0.25, 0.3) is 11.6 Å². The fraction of sp³-hybridized carbons (Fsp3) is 0.103. The molecule has 0 atom stereocenters. The van der Waals surface area contributed by atoms with Crippen molar-refractivity contribution in [2.45, 2.75) is 13.2 Å². The summed E-state index contributed by atoms with van der Waals surface area (Å²) in [6.07, 6.45) is 1.50. The van der Waals surface area contributed by atoms with Gasteiger partial charge in [0.1, 0.15) is 19.0 Å². The zero-order valence-electron chi connectivity index (χ0n) is 21.2. The first-order chi connectivity index (χ1) is 19.4. The molecule has 0 aliphatic heterocycles. The molecule has 0 saturated carbocycles. The van der Waals surface area contributed by atoms with Gasteiger partial charge in [-0.1, -0.05) is 41.9 Å². The number of para-hydroxylation sites is 1. The Morgan fingerprint density at radius 2 is 1.73 bits per heavy atom. The molecule has 0 fully saturated rings. The number of non-ortho nitro benzene ring substituents is 1. The Bertz CT molecular complexity index is 1550. The zero-order chi connectivity index (χ0) is 28.5. The van der Waals surface area contributed by atoms with Gasteiger partial charge < -0.3 is 14.2 Å². The zero-order valence-corrected chi connectivity index (χ0v) is 24.1. The second kappa shape index (κ2) is 13.8. The second-order valence-corrected chi connectivity index (χ2v) is 9.89. The van der Waals surface area contributed by atoms with Crippen LogP contribution in [0.25, 0.3) is 0 Å². The summed E-state index contributed by atoms with van der Waals surface area (Å²) in [4.78, 5) is 23.2. The molecule has 4 rings (SSSR count). The molecule has 0 bridgehead atoms. The molecule has 1 N–H and O–H groups in total. The van der Waals surface area contributed by atoms with Crippen LogP contribution in [-0.4, -0.2) is 24.2 Å². The molecule has 4 aromatic carbocycles. The number of carbonyl (C=O) groups is 1. The van der Waals surface area contributed by atoms with E-state index in [1.54, 1.807) is 48.5 Å². The average Bonchev–Trinajstić information content (AvgIpc) is 2.96. The lowest BCUT2D eigenvalue weighted by atomic mass is 10.2. The number of hydrogen-bond donors (Lipinski definition) is 1. The number of amides is 1. The highest BCUT2D eigenvalue weighted by molar-refractivity contribution is 14.1. The maximum atomic E-state index is 12.8. The quantitative estimate of drug-likeness (QED) is 0.0814. The monoisotopic (exact) mass is 671 g/mol. The number of nitro benzene ring substituents is 1. The van der Waals surface area contributed by atoms with Crippen LogP contribution in [0, 0.1) is 13.7 Å². The first kappa shape index (κ1) is 28.8. The van der Waals surface area contributed by atoms with Crippen LogP contribution < -0.4 is 19.6 Å². The molecule has 0 aliphatic carbocycles. The predicted octanol–water partition coefficient (Wildman–Crippen LogP) is 6.78. The van der Waals surface area contributed by atoms with E-state index >= 15 is 0 Å². The number of carbonyl (C=O) groups excluding carboxylic acids is 1. The minimum absolute atomic E-state index is 0.0137. The molecule has 4 aromatic rings. The van der Waals surface area contributed by atoms with Crippen LogP contribution in [0.2, 0.25) is 5.02 Å². The van der Waals surface area contributed by atoms with Gasteiger partial charge in [0.2, 0.25) is 0 Å². The fourth-order valence-electron chi connectivity index (χ4n) is 3.60. The van der Waals surface area contributed by atoms with Crippen molar-refractivity contribution in [1.29, 1.82) is 0 Å². The Kier molecular flexibility index (Phi) is 9.92. The number of methoxy groups -OCH3 is 1. The summed E-state index contributed by atoms with van der Waals surface area (Å²) in [6.45, 7) is 0.413. The Morgan fingerprint density at radius 3 is 2.45 bits per heavy atom. The van der Waals surface area contributed by atoms with E-state index in [1.165, 1.54) is 25.5 Å². The van der Waals surface area contributed by atoms with Gasteiger partial charge in [-0.05, 0) is 76.2 Å². The minimum atomic E-state index is -0.450. The van der Waals surface area contributed by atoms with Crippen LogP contribution >= 0.6 is 34.2 Å². The molecule has 40 heavy (non-hydrogen) atoms. The van der Waals surface area contributed by atoms with E-state index < -0.39 is 10.8 Å². The van der Waals surface area contributed by atoms with E-state index in [0.717, 1.165) is 14.7 Å². The van der Waals surface area contributed by atoms with E-state index in [1.807, 2.05) is 24.3 Å². The molecule has 11 heteroatoms. The Hall–Kier alpha value is -4.16. The van der Waals surface area contributed by atoms with Crippen molar-refractivity contribution in [2.75, 3.05) is 7.11 Å². The summed E-state index contributed by atoms with van der Waals surface area (Å²) < 4.78 is 18.0. The van der Waals surface area contributed by atoms with Gasteiger partial charge >= 0.3 is 0 Å². The number of benzene rings is 4. The highest BCUT2D eigenvalue weighted by Crippen LogP contribution is 2.34. The molecular formula is C29H23ClIN3O6. The van der Waals surface area contributed by atoms with Crippen LogP contribution in [0.15, 0.2) is 90.0 Å². The molecule has 0 aromatic heterocycles. The third-order valence-corrected chi connectivity index (χ3v) is 6.80. The molecule has 0 spiro atoms. The van der Waals surface area contributed by atoms with Gasteiger partial charge in [0.15, 0.2) is 11.5 Å². The summed E-state index contributed by atoms with van der Waals surface area (Å²) in [5.74, 6) is 0.962. The third kappa shape index (κ3) is 7.48. The summed E-state index contributed by atoms with van der Waals surface area (Å²) in [6, 6.07) is 23.9.